The molecule has 0 radical (unpaired) electrons. The van der Waals surface area contributed by atoms with Crippen LogP contribution in [0, 0.1) is 3.57 Å². The summed E-state index contributed by atoms with van der Waals surface area (Å²) < 4.78 is 1.26. The predicted octanol–water partition coefficient (Wildman–Crippen LogP) is 2.34. The summed E-state index contributed by atoms with van der Waals surface area (Å²) in [6.07, 6.45) is 3.71. The van der Waals surface area contributed by atoms with Gasteiger partial charge in [-0.3, -0.25) is 4.79 Å². The van der Waals surface area contributed by atoms with E-state index in [4.69, 9.17) is 0 Å². The van der Waals surface area contributed by atoms with Crippen LogP contribution in [0.25, 0.3) is 0 Å². The van der Waals surface area contributed by atoms with Crippen LogP contribution in [0.15, 0.2) is 24.3 Å². The van der Waals surface area contributed by atoms with E-state index >= 15 is 0 Å². The predicted molar refractivity (Wildman–Crippen MR) is 83.7 cm³/mol. The van der Waals surface area contributed by atoms with Crippen molar-refractivity contribution in [2.45, 2.75) is 25.7 Å². The first kappa shape index (κ1) is 15.4. The number of benzene rings is 1. The molecule has 0 saturated carbocycles. The maximum Gasteiger partial charge on any atom is 0.220 e. The molecule has 1 aromatic rings. The molecule has 0 bridgehead atoms. The van der Waals surface area contributed by atoms with Crippen molar-refractivity contribution >= 4 is 28.5 Å². The summed E-state index contributed by atoms with van der Waals surface area (Å²) in [6, 6.07) is 8.57. The van der Waals surface area contributed by atoms with E-state index in [0.717, 1.165) is 25.8 Å². The maximum absolute atomic E-state index is 11.4. The summed E-state index contributed by atoms with van der Waals surface area (Å²) in [7, 11) is 1.88. The normalized spacial score (nSPS) is 10.3. The highest BCUT2D eigenvalue weighted by atomic mass is 127. The van der Waals surface area contributed by atoms with Gasteiger partial charge in [0.05, 0.1) is 0 Å². The minimum atomic E-state index is 0.160. The number of unbranched alkanes of at least 4 members (excludes halogenated alkanes) is 1. The lowest BCUT2D eigenvalue weighted by Crippen LogP contribution is -2.30. The van der Waals surface area contributed by atoms with Crippen molar-refractivity contribution in [1.82, 2.24) is 10.6 Å². The van der Waals surface area contributed by atoms with Gasteiger partial charge in [-0.05, 0) is 66.6 Å². The van der Waals surface area contributed by atoms with Crippen LogP contribution in [-0.4, -0.2) is 26.0 Å². The monoisotopic (exact) mass is 360 g/mol. The van der Waals surface area contributed by atoms with Crippen molar-refractivity contribution in [3.05, 3.63) is 33.4 Å². The van der Waals surface area contributed by atoms with E-state index in [1.54, 1.807) is 0 Å². The molecule has 0 unspecified atom stereocenters. The van der Waals surface area contributed by atoms with E-state index in [1.807, 2.05) is 7.05 Å². The maximum atomic E-state index is 11.4. The van der Waals surface area contributed by atoms with Crippen molar-refractivity contribution in [3.8, 4) is 0 Å². The zero-order chi connectivity index (χ0) is 13.2. The molecule has 100 valence electrons. The first-order valence-electron chi connectivity index (χ1n) is 6.38. The van der Waals surface area contributed by atoms with Gasteiger partial charge in [0.15, 0.2) is 0 Å². The molecule has 0 spiro atoms. The van der Waals surface area contributed by atoms with E-state index in [0.29, 0.717) is 13.0 Å². The Hall–Kier alpha value is -0.620. The van der Waals surface area contributed by atoms with Crippen LogP contribution >= 0.6 is 22.6 Å². The Bertz CT molecular complexity index is 351. The van der Waals surface area contributed by atoms with Gasteiger partial charge in [-0.1, -0.05) is 12.1 Å². The highest BCUT2D eigenvalue weighted by Crippen LogP contribution is 2.10. The highest BCUT2D eigenvalue weighted by Gasteiger charge is 2.00. The summed E-state index contributed by atoms with van der Waals surface area (Å²) in [5, 5.41) is 5.89. The third-order valence-electron chi connectivity index (χ3n) is 2.73. The Kier molecular flexibility index (Phi) is 8.00. The number of amides is 1. The number of likely N-dealkylation sites (N-methyl/N-ethyl adjacent to an activating group) is 1. The second-order valence-corrected chi connectivity index (χ2v) is 5.53. The number of hydrogen-bond acceptors (Lipinski definition) is 2. The number of carbonyl (C=O) groups is 1. The van der Waals surface area contributed by atoms with E-state index < -0.39 is 0 Å². The van der Waals surface area contributed by atoms with Crippen molar-refractivity contribution < 1.29 is 4.79 Å². The first-order chi connectivity index (χ1) is 8.72. The standard InChI is InChI=1S/C14H21IN2O/c1-16-10-11-17-14(18)5-3-2-4-12-6-8-13(15)9-7-12/h6-9,16H,2-5,10-11H2,1H3,(H,17,18). The zero-order valence-electron chi connectivity index (χ0n) is 10.8. The van der Waals surface area contributed by atoms with Crippen LogP contribution in [0.2, 0.25) is 0 Å². The molecule has 0 atom stereocenters. The van der Waals surface area contributed by atoms with Gasteiger partial charge < -0.3 is 10.6 Å². The van der Waals surface area contributed by atoms with E-state index in [-0.39, 0.29) is 5.91 Å². The van der Waals surface area contributed by atoms with Gasteiger partial charge in [-0.15, -0.1) is 0 Å². The summed E-state index contributed by atoms with van der Waals surface area (Å²) in [4.78, 5) is 11.4. The third kappa shape index (κ3) is 6.96. The van der Waals surface area contributed by atoms with Crippen molar-refractivity contribution in [2.75, 3.05) is 20.1 Å². The minimum Gasteiger partial charge on any atom is -0.355 e. The lowest BCUT2D eigenvalue weighted by molar-refractivity contribution is -0.121. The van der Waals surface area contributed by atoms with Crippen LogP contribution in [0.4, 0.5) is 0 Å². The largest absolute Gasteiger partial charge is 0.355 e. The Balaban J connectivity index is 2.07. The Morgan fingerprint density at radius 2 is 1.89 bits per heavy atom. The van der Waals surface area contributed by atoms with Crippen molar-refractivity contribution in [1.29, 1.82) is 0 Å². The van der Waals surface area contributed by atoms with Gasteiger partial charge in [0.25, 0.3) is 0 Å². The molecule has 0 aliphatic heterocycles. The molecule has 0 aliphatic carbocycles. The summed E-state index contributed by atoms with van der Waals surface area (Å²) in [5.74, 6) is 0.160. The Morgan fingerprint density at radius 3 is 2.56 bits per heavy atom. The fourth-order valence-corrected chi connectivity index (χ4v) is 2.04. The molecule has 0 heterocycles. The van der Waals surface area contributed by atoms with E-state index in [2.05, 4.69) is 57.5 Å². The van der Waals surface area contributed by atoms with Crippen LogP contribution in [0.1, 0.15) is 24.8 Å². The van der Waals surface area contributed by atoms with Crippen LogP contribution in [0.5, 0.6) is 0 Å². The molecule has 4 heteroatoms. The molecule has 1 aromatic carbocycles. The molecule has 1 amide bonds. The van der Waals surface area contributed by atoms with Gasteiger partial charge in [0, 0.05) is 23.1 Å². The van der Waals surface area contributed by atoms with Crippen LogP contribution in [-0.2, 0) is 11.2 Å². The van der Waals surface area contributed by atoms with E-state index in [1.165, 1.54) is 9.13 Å². The molecular formula is C14H21IN2O. The minimum absolute atomic E-state index is 0.160. The highest BCUT2D eigenvalue weighted by molar-refractivity contribution is 14.1. The lowest BCUT2D eigenvalue weighted by Gasteiger charge is -2.05. The third-order valence-corrected chi connectivity index (χ3v) is 3.45. The summed E-state index contributed by atoms with van der Waals surface area (Å²) in [6.45, 7) is 1.54. The van der Waals surface area contributed by atoms with Crippen LogP contribution in [0.3, 0.4) is 0 Å². The zero-order valence-corrected chi connectivity index (χ0v) is 13.0. The first-order valence-corrected chi connectivity index (χ1v) is 7.46. The molecule has 0 aromatic heterocycles. The number of aryl methyl sites for hydroxylation is 1. The SMILES string of the molecule is CNCCNC(=O)CCCCc1ccc(I)cc1. The number of rotatable bonds is 8. The Morgan fingerprint density at radius 1 is 1.17 bits per heavy atom. The lowest BCUT2D eigenvalue weighted by atomic mass is 10.1. The molecular weight excluding hydrogens is 339 g/mol. The van der Waals surface area contributed by atoms with Gasteiger partial charge in [-0.2, -0.15) is 0 Å². The molecule has 2 N–H and O–H groups in total. The quantitative estimate of drug-likeness (QED) is 0.552. The summed E-state index contributed by atoms with van der Waals surface area (Å²) in [5.41, 5.74) is 1.35. The number of carbonyl (C=O) groups excluding carboxylic acids is 1. The van der Waals surface area contributed by atoms with Gasteiger partial charge in [0.1, 0.15) is 0 Å². The molecule has 18 heavy (non-hydrogen) atoms. The topological polar surface area (TPSA) is 41.1 Å². The number of hydrogen-bond donors (Lipinski definition) is 2. The van der Waals surface area contributed by atoms with Crippen molar-refractivity contribution in [3.63, 3.8) is 0 Å². The molecule has 3 nitrogen and oxygen atoms in total. The molecule has 1 rings (SSSR count). The van der Waals surface area contributed by atoms with E-state index in [9.17, 15) is 4.79 Å². The van der Waals surface area contributed by atoms with Crippen LogP contribution < -0.4 is 10.6 Å². The smallest absolute Gasteiger partial charge is 0.220 e. The fourth-order valence-electron chi connectivity index (χ4n) is 1.68. The van der Waals surface area contributed by atoms with Gasteiger partial charge >= 0.3 is 0 Å². The van der Waals surface area contributed by atoms with Crippen molar-refractivity contribution in [2.24, 2.45) is 0 Å². The fraction of sp³-hybridized carbons (Fsp3) is 0.500. The second kappa shape index (κ2) is 9.33. The Labute approximate surface area is 123 Å². The molecule has 0 saturated heterocycles. The summed E-state index contributed by atoms with van der Waals surface area (Å²) >= 11 is 2.31. The molecule has 0 fully saturated rings. The second-order valence-electron chi connectivity index (χ2n) is 4.29. The number of halogens is 1. The average Bonchev–Trinajstić information content (AvgIpc) is 2.37. The van der Waals surface area contributed by atoms with Gasteiger partial charge in [0.2, 0.25) is 5.91 Å². The average molecular weight is 360 g/mol. The van der Waals surface area contributed by atoms with Gasteiger partial charge in [-0.25, -0.2) is 0 Å². The number of nitrogens with one attached hydrogen (secondary N) is 2. The molecule has 0 aliphatic rings.